The van der Waals surface area contributed by atoms with E-state index in [2.05, 4.69) is 4.74 Å². The molecule has 1 N–H and O–H groups in total. The van der Waals surface area contributed by atoms with Crippen LogP contribution >= 0.6 is 0 Å². The average Bonchev–Trinajstić information content (AvgIpc) is 2.21. The third-order valence-electron chi connectivity index (χ3n) is 1.70. The maximum absolute atomic E-state index is 11.6. The highest BCUT2D eigenvalue weighted by molar-refractivity contribution is 5.80. The Balaban J connectivity index is 5.12. The number of esters is 1. The fourth-order valence-corrected chi connectivity index (χ4v) is 1.00. The zero-order valence-electron chi connectivity index (χ0n) is 10.6. The van der Waals surface area contributed by atoms with Crippen LogP contribution in [0.5, 0.6) is 0 Å². The Morgan fingerprint density at radius 1 is 1.44 bits per heavy atom. The average molecular weight is 264 g/mol. The van der Waals surface area contributed by atoms with Gasteiger partial charge in [-0.1, -0.05) is 0 Å². The molecule has 9 heteroatoms. The van der Waals surface area contributed by atoms with Crippen molar-refractivity contribution in [2.75, 3.05) is 13.7 Å². The lowest BCUT2D eigenvalue weighted by Crippen LogP contribution is -2.52. The van der Waals surface area contributed by atoms with Crippen LogP contribution in [0.2, 0.25) is 0 Å². The van der Waals surface area contributed by atoms with Crippen molar-refractivity contribution in [2.45, 2.75) is 32.4 Å². The number of rotatable bonds is 4. The topological polar surface area (TPSA) is 119 Å². The second-order valence-corrected chi connectivity index (χ2v) is 4.28. The Labute approximate surface area is 103 Å². The lowest BCUT2D eigenvalue weighted by atomic mass is 10.2. The van der Waals surface area contributed by atoms with E-state index in [0.717, 1.165) is 7.11 Å². The summed E-state index contributed by atoms with van der Waals surface area (Å²) in [4.78, 5) is 33.5. The highest BCUT2D eigenvalue weighted by Crippen LogP contribution is 2.12. The number of ether oxygens (including phenoxy) is 2. The minimum Gasteiger partial charge on any atom is -0.467 e. The molecule has 0 radical (unpaired) electrons. The van der Waals surface area contributed by atoms with Crippen LogP contribution in [0.4, 0.5) is 4.79 Å². The van der Waals surface area contributed by atoms with Crippen LogP contribution in [0.25, 0.3) is 0 Å². The van der Waals surface area contributed by atoms with Crippen molar-refractivity contribution >= 4 is 12.1 Å². The number of hydrogen-bond acceptors (Lipinski definition) is 7. The Bertz CT molecular complexity index is 336. The Morgan fingerprint density at radius 3 is 2.22 bits per heavy atom. The number of hydrogen-bond donors (Lipinski definition) is 1. The molecule has 0 rings (SSSR count). The van der Waals surface area contributed by atoms with Crippen molar-refractivity contribution in [3.63, 3.8) is 0 Å². The molecular weight excluding hydrogens is 248 g/mol. The lowest BCUT2D eigenvalue weighted by Gasteiger charge is -2.24. The zero-order chi connectivity index (χ0) is 14.5. The van der Waals surface area contributed by atoms with Gasteiger partial charge in [0, 0.05) is 0 Å². The minimum atomic E-state index is -1.75. The third kappa shape index (κ3) is 4.53. The second kappa shape index (κ2) is 6.15. The molecule has 0 saturated carbocycles. The number of aliphatic hydroxyl groups is 1. The monoisotopic (exact) mass is 264 g/mol. The van der Waals surface area contributed by atoms with Gasteiger partial charge < -0.3 is 14.6 Å². The van der Waals surface area contributed by atoms with E-state index in [1.807, 2.05) is 0 Å². The highest BCUT2D eigenvalue weighted by atomic mass is 16.7. The van der Waals surface area contributed by atoms with Gasteiger partial charge >= 0.3 is 12.1 Å². The molecular formula is C9H16N2O7. The molecule has 0 aromatic heterocycles. The third-order valence-corrected chi connectivity index (χ3v) is 1.70. The summed E-state index contributed by atoms with van der Waals surface area (Å²) in [7, 11) is 0.984. The van der Waals surface area contributed by atoms with Crippen molar-refractivity contribution in [1.29, 1.82) is 0 Å². The van der Waals surface area contributed by atoms with Gasteiger partial charge in [0.2, 0.25) is 6.04 Å². The molecule has 0 aromatic carbocycles. The number of amides is 1. The number of carbonyl (C=O) groups excluding carboxylic acids is 2. The van der Waals surface area contributed by atoms with Crippen LogP contribution in [-0.4, -0.2) is 52.6 Å². The van der Waals surface area contributed by atoms with Crippen molar-refractivity contribution in [3.05, 3.63) is 10.1 Å². The molecule has 0 aliphatic heterocycles. The smallest absolute Gasteiger partial charge is 0.467 e. The van der Waals surface area contributed by atoms with Crippen LogP contribution < -0.4 is 0 Å². The molecule has 0 aliphatic carbocycles. The van der Waals surface area contributed by atoms with Gasteiger partial charge in [-0.15, -0.1) is 0 Å². The van der Waals surface area contributed by atoms with Gasteiger partial charge in [0.25, 0.3) is 0 Å². The molecule has 0 unspecified atom stereocenters. The van der Waals surface area contributed by atoms with Crippen LogP contribution in [0.1, 0.15) is 20.8 Å². The van der Waals surface area contributed by atoms with Gasteiger partial charge in [0.15, 0.2) is 5.03 Å². The molecule has 0 fully saturated rings. The van der Waals surface area contributed by atoms with E-state index in [1.54, 1.807) is 0 Å². The molecule has 0 heterocycles. The predicted molar refractivity (Wildman–Crippen MR) is 58.0 cm³/mol. The summed E-state index contributed by atoms with van der Waals surface area (Å²) in [5.41, 5.74) is -0.971. The molecule has 0 saturated heterocycles. The molecule has 0 aromatic rings. The Hall–Kier alpha value is -1.90. The quantitative estimate of drug-likeness (QED) is 0.429. The molecule has 18 heavy (non-hydrogen) atoms. The number of methoxy groups -OCH3 is 1. The SMILES string of the molecule is COC(=O)[C@H](CO)N(C(=O)OC(C)(C)C)[N+](=O)[O-]. The highest BCUT2D eigenvalue weighted by Gasteiger charge is 2.42. The first-order valence-electron chi connectivity index (χ1n) is 4.99. The first kappa shape index (κ1) is 16.1. The molecule has 0 aliphatic rings. The van der Waals surface area contributed by atoms with Gasteiger partial charge in [-0.05, 0) is 25.8 Å². The summed E-state index contributed by atoms with van der Waals surface area (Å²) >= 11 is 0. The van der Waals surface area contributed by atoms with Crippen LogP contribution in [0.15, 0.2) is 0 Å². The summed E-state index contributed by atoms with van der Waals surface area (Å²) < 4.78 is 9.03. The predicted octanol–water partition coefficient (Wildman–Crippen LogP) is -0.0509. The van der Waals surface area contributed by atoms with Crippen LogP contribution in [0, 0.1) is 10.1 Å². The minimum absolute atomic E-state index is 0.100. The van der Waals surface area contributed by atoms with Gasteiger partial charge in [-0.2, -0.15) is 0 Å². The van der Waals surface area contributed by atoms with Crippen LogP contribution in [-0.2, 0) is 14.3 Å². The van der Waals surface area contributed by atoms with Gasteiger partial charge in [-0.25, -0.2) is 19.7 Å². The summed E-state index contributed by atoms with van der Waals surface area (Å²) in [5, 5.41) is 18.5. The molecule has 1 atom stereocenters. The number of nitro groups is 1. The number of nitrogens with zero attached hydrogens (tertiary/aromatic N) is 2. The van der Waals surface area contributed by atoms with Crippen molar-refractivity contribution in [2.24, 2.45) is 0 Å². The molecule has 104 valence electrons. The van der Waals surface area contributed by atoms with Gasteiger partial charge in [0.05, 0.1) is 13.7 Å². The van der Waals surface area contributed by atoms with E-state index in [9.17, 15) is 19.7 Å². The van der Waals surface area contributed by atoms with Crippen molar-refractivity contribution in [1.82, 2.24) is 5.01 Å². The van der Waals surface area contributed by atoms with Crippen LogP contribution in [0.3, 0.4) is 0 Å². The first-order chi connectivity index (χ1) is 8.14. The Morgan fingerprint density at radius 2 is 1.94 bits per heavy atom. The normalized spacial score (nSPS) is 12.5. The maximum atomic E-state index is 11.6. The van der Waals surface area contributed by atoms with Gasteiger partial charge in [0.1, 0.15) is 5.60 Å². The number of carbonyl (C=O) groups is 2. The molecule has 0 bridgehead atoms. The lowest BCUT2D eigenvalue weighted by molar-refractivity contribution is -0.642. The van der Waals surface area contributed by atoms with E-state index < -0.39 is 35.3 Å². The van der Waals surface area contributed by atoms with E-state index in [0.29, 0.717) is 0 Å². The van der Waals surface area contributed by atoms with Gasteiger partial charge in [-0.3, -0.25) is 0 Å². The van der Waals surface area contributed by atoms with E-state index in [4.69, 9.17) is 9.84 Å². The fraction of sp³-hybridized carbons (Fsp3) is 0.778. The van der Waals surface area contributed by atoms with Crippen molar-refractivity contribution in [3.8, 4) is 0 Å². The summed E-state index contributed by atoms with van der Waals surface area (Å²) in [6, 6.07) is -1.75. The van der Waals surface area contributed by atoms with E-state index >= 15 is 0 Å². The number of hydrazine groups is 1. The Kier molecular flexibility index (Phi) is 5.50. The summed E-state index contributed by atoms with van der Waals surface area (Å²) in [6.45, 7) is 3.58. The summed E-state index contributed by atoms with van der Waals surface area (Å²) in [5.74, 6) is -1.11. The molecule has 0 spiro atoms. The largest absolute Gasteiger partial charge is 0.469 e. The zero-order valence-corrected chi connectivity index (χ0v) is 10.6. The second-order valence-electron chi connectivity index (χ2n) is 4.28. The summed E-state index contributed by atoms with van der Waals surface area (Å²) in [6.07, 6.45) is -1.35. The van der Waals surface area contributed by atoms with E-state index in [1.165, 1.54) is 20.8 Å². The van der Waals surface area contributed by atoms with Crippen molar-refractivity contribution < 1.29 is 29.2 Å². The number of aliphatic hydroxyl groups excluding tert-OH is 1. The molecule has 9 nitrogen and oxygen atoms in total. The molecule has 1 amide bonds. The van der Waals surface area contributed by atoms with E-state index in [-0.39, 0.29) is 5.01 Å². The maximum Gasteiger partial charge on any atom is 0.469 e. The fourth-order valence-electron chi connectivity index (χ4n) is 1.00. The standard InChI is InChI=1S/C9H16N2O7/c1-9(2,3)18-8(14)10(11(15)16)6(5-12)7(13)17-4/h6,12H,5H2,1-4H3/t6-/m0/s1. The first-order valence-corrected chi connectivity index (χ1v) is 4.99.